The summed E-state index contributed by atoms with van der Waals surface area (Å²) in [6, 6.07) is 3.09. The van der Waals surface area contributed by atoms with Gasteiger partial charge in [-0.3, -0.25) is 4.79 Å². The topological polar surface area (TPSA) is 45.5 Å². The first kappa shape index (κ1) is 9.73. The highest BCUT2D eigenvalue weighted by molar-refractivity contribution is 7.71. The number of pyridine rings is 1. The molecule has 13 heavy (non-hydrogen) atoms. The summed E-state index contributed by atoms with van der Waals surface area (Å²) in [4.78, 5) is 12.8. The Kier molecular flexibility index (Phi) is 2.67. The maximum Gasteiger partial charge on any atom is 0.254 e. The third-order valence-corrected chi connectivity index (χ3v) is 1.87. The van der Waals surface area contributed by atoms with Crippen molar-refractivity contribution in [2.24, 2.45) is 0 Å². The molecule has 1 rings (SSSR count). The van der Waals surface area contributed by atoms with E-state index in [0.717, 1.165) is 4.73 Å². The van der Waals surface area contributed by atoms with Crippen LogP contribution in [-0.2, 0) is 0 Å². The largest absolute Gasteiger partial charge is 0.428 e. The fraction of sp³-hybridized carbons (Fsp3) is 0.250. The maximum absolute atomic E-state index is 11.4. The van der Waals surface area contributed by atoms with Gasteiger partial charge < -0.3 is 10.1 Å². The molecule has 0 aliphatic rings. The first-order valence-electron chi connectivity index (χ1n) is 3.66. The van der Waals surface area contributed by atoms with Gasteiger partial charge in [0.2, 0.25) is 0 Å². The zero-order chi connectivity index (χ0) is 10.0. The van der Waals surface area contributed by atoms with Crippen molar-refractivity contribution in [3.05, 3.63) is 28.5 Å². The molecule has 70 valence electrons. The van der Waals surface area contributed by atoms with E-state index in [1.807, 2.05) is 0 Å². The van der Waals surface area contributed by atoms with Crippen LogP contribution in [0.5, 0.6) is 0 Å². The number of hydrogen-bond acceptors (Lipinski definition) is 3. The number of carbonyl (C=O) groups is 1. The highest BCUT2D eigenvalue weighted by atomic mass is 32.1. The van der Waals surface area contributed by atoms with Crippen molar-refractivity contribution in [1.82, 2.24) is 9.63 Å². The molecule has 0 unspecified atom stereocenters. The highest BCUT2D eigenvalue weighted by Gasteiger charge is 2.07. The van der Waals surface area contributed by atoms with Gasteiger partial charge >= 0.3 is 0 Å². The summed E-state index contributed by atoms with van der Waals surface area (Å²) in [7, 11) is 3.29. The van der Waals surface area contributed by atoms with Crippen molar-refractivity contribution in [2.45, 2.75) is 0 Å². The minimum Gasteiger partial charge on any atom is -0.428 e. The molecule has 0 fully saturated rings. The lowest BCUT2D eigenvalue weighted by Gasteiger charge is -2.10. The molecular formula is C8H10N2O2S. The van der Waals surface area contributed by atoms with Crippen LogP contribution in [0, 0.1) is 4.64 Å². The molecule has 4 nitrogen and oxygen atoms in total. The number of rotatable bonds is 1. The van der Waals surface area contributed by atoms with Crippen LogP contribution in [0.2, 0.25) is 0 Å². The van der Waals surface area contributed by atoms with E-state index in [0.29, 0.717) is 5.56 Å². The number of nitrogens with zero attached hydrogens (tertiary/aromatic N) is 2. The van der Waals surface area contributed by atoms with Crippen LogP contribution in [0.3, 0.4) is 0 Å². The van der Waals surface area contributed by atoms with E-state index in [2.05, 4.69) is 0 Å². The molecule has 1 aromatic heterocycles. The molecule has 0 radical (unpaired) electrons. The van der Waals surface area contributed by atoms with E-state index < -0.39 is 0 Å². The van der Waals surface area contributed by atoms with Crippen molar-refractivity contribution in [1.29, 1.82) is 0 Å². The lowest BCUT2D eigenvalue weighted by molar-refractivity contribution is 0.0822. The Labute approximate surface area is 81.0 Å². The van der Waals surface area contributed by atoms with Gasteiger partial charge in [-0.1, -0.05) is 12.2 Å². The maximum atomic E-state index is 11.4. The Morgan fingerprint density at radius 2 is 2.15 bits per heavy atom. The van der Waals surface area contributed by atoms with Crippen molar-refractivity contribution >= 4 is 18.1 Å². The molecule has 1 heterocycles. The molecule has 1 amide bonds. The second-order valence-electron chi connectivity index (χ2n) is 2.80. The summed E-state index contributed by atoms with van der Waals surface area (Å²) in [5.74, 6) is -0.169. The molecule has 0 saturated heterocycles. The summed E-state index contributed by atoms with van der Waals surface area (Å²) in [5, 5.41) is 9.17. The van der Waals surface area contributed by atoms with Crippen molar-refractivity contribution < 1.29 is 10.0 Å². The monoisotopic (exact) mass is 198 g/mol. The number of hydrogen-bond donors (Lipinski definition) is 1. The van der Waals surface area contributed by atoms with E-state index in [1.165, 1.54) is 17.2 Å². The van der Waals surface area contributed by atoms with Gasteiger partial charge in [-0.25, -0.2) is 0 Å². The zero-order valence-electron chi connectivity index (χ0n) is 7.39. The number of amides is 1. The highest BCUT2D eigenvalue weighted by Crippen LogP contribution is 2.02. The first-order valence-corrected chi connectivity index (χ1v) is 4.07. The Morgan fingerprint density at radius 3 is 2.62 bits per heavy atom. The van der Waals surface area contributed by atoms with Gasteiger partial charge in [0.05, 0.1) is 11.8 Å². The second-order valence-corrected chi connectivity index (χ2v) is 3.22. The van der Waals surface area contributed by atoms with E-state index >= 15 is 0 Å². The Hall–Kier alpha value is -1.36. The van der Waals surface area contributed by atoms with Crippen molar-refractivity contribution in [3.8, 4) is 0 Å². The van der Waals surface area contributed by atoms with Crippen LogP contribution in [-0.4, -0.2) is 34.8 Å². The van der Waals surface area contributed by atoms with Crippen molar-refractivity contribution in [2.75, 3.05) is 14.1 Å². The second kappa shape index (κ2) is 3.57. The summed E-state index contributed by atoms with van der Waals surface area (Å²) in [6.07, 6.45) is 1.30. The van der Waals surface area contributed by atoms with Gasteiger partial charge in [0, 0.05) is 14.1 Å². The lowest BCUT2D eigenvalue weighted by atomic mass is 10.2. The minimum absolute atomic E-state index is 0.169. The molecule has 0 aliphatic carbocycles. The summed E-state index contributed by atoms with van der Waals surface area (Å²) < 4.78 is 1.03. The standard InChI is InChI=1S/C8H10N2O2S/c1-9(2)8(11)6-3-4-7(13)10(12)5-6/h3-5,12H,1-2H3. The molecule has 0 spiro atoms. The first-order chi connectivity index (χ1) is 6.02. The third-order valence-electron chi connectivity index (χ3n) is 1.55. The average Bonchev–Trinajstić information content (AvgIpc) is 2.08. The fourth-order valence-corrected chi connectivity index (χ4v) is 0.981. The predicted octanol–water partition coefficient (Wildman–Crippen LogP) is 1.16. The van der Waals surface area contributed by atoms with E-state index in [-0.39, 0.29) is 10.5 Å². The SMILES string of the molecule is CN(C)C(=O)c1ccc(=S)n(O)c1. The van der Waals surface area contributed by atoms with Crippen LogP contribution >= 0.6 is 12.2 Å². The minimum atomic E-state index is -0.169. The molecule has 5 heteroatoms. The van der Waals surface area contributed by atoms with Crippen LogP contribution in [0.15, 0.2) is 18.3 Å². The average molecular weight is 198 g/mol. The molecule has 0 bridgehead atoms. The van der Waals surface area contributed by atoms with E-state index in [1.54, 1.807) is 20.2 Å². The fourth-order valence-electron chi connectivity index (χ4n) is 0.861. The number of aromatic nitrogens is 1. The summed E-state index contributed by atoms with van der Waals surface area (Å²) in [5.41, 5.74) is 0.404. The molecule has 0 atom stereocenters. The van der Waals surface area contributed by atoms with E-state index in [4.69, 9.17) is 12.2 Å². The van der Waals surface area contributed by atoms with Crippen molar-refractivity contribution in [3.63, 3.8) is 0 Å². The Balaban J connectivity index is 3.11. The van der Waals surface area contributed by atoms with Gasteiger partial charge in [0.25, 0.3) is 5.91 Å². The van der Waals surface area contributed by atoms with Crippen LogP contribution in [0.25, 0.3) is 0 Å². The van der Waals surface area contributed by atoms with E-state index in [9.17, 15) is 10.0 Å². The molecule has 1 aromatic rings. The third kappa shape index (κ3) is 2.06. The molecular weight excluding hydrogens is 188 g/mol. The van der Waals surface area contributed by atoms with Gasteiger partial charge in [-0.15, -0.1) is 0 Å². The molecule has 0 aromatic carbocycles. The van der Waals surface area contributed by atoms with Gasteiger partial charge in [-0.2, -0.15) is 4.73 Å². The van der Waals surface area contributed by atoms with Gasteiger partial charge in [0.15, 0.2) is 0 Å². The quantitative estimate of drug-likeness (QED) is 0.544. The normalized spacial score (nSPS) is 9.69. The Morgan fingerprint density at radius 1 is 1.54 bits per heavy atom. The van der Waals surface area contributed by atoms with Crippen LogP contribution in [0.1, 0.15) is 10.4 Å². The molecule has 1 N–H and O–H groups in total. The number of carbonyl (C=O) groups excluding carboxylic acids is 1. The van der Waals surface area contributed by atoms with Crippen LogP contribution < -0.4 is 0 Å². The summed E-state index contributed by atoms with van der Waals surface area (Å²) >= 11 is 4.75. The predicted molar refractivity (Wildman–Crippen MR) is 50.5 cm³/mol. The van der Waals surface area contributed by atoms with Gasteiger partial charge in [-0.05, 0) is 12.1 Å². The van der Waals surface area contributed by atoms with Crippen LogP contribution in [0.4, 0.5) is 0 Å². The smallest absolute Gasteiger partial charge is 0.254 e. The zero-order valence-corrected chi connectivity index (χ0v) is 8.21. The summed E-state index contributed by atoms with van der Waals surface area (Å²) in [6.45, 7) is 0. The van der Waals surface area contributed by atoms with Gasteiger partial charge in [0.1, 0.15) is 4.64 Å². The molecule has 0 saturated carbocycles. The lowest BCUT2D eigenvalue weighted by Crippen LogP contribution is -2.22. The molecule has 0 aliphatic heterocycles. The Bertz CT molecular complexity index is 384.